The van der Waals surface area contributed by atoms with Crippen molar-refractivity contribution in [3.8, 4) is 5.75 Å². The molecule has 1 aromatic rings. The van der Waals surface area contributed by atoms with E-state index in [0.29, 0.717) is 13.0 Å². The Morgan fingerprint density at radius 1 is 0.846 bits per heavy atom. The van der Waals surface area contributed by atoms with Crippen LogP contribution in [0.1, 0.15) is 130 Å². The molecule has 29 heteroatoms. The quantitative estimate of drug-likeness (QED) is 0.0568. The van der Waals surface area contributed by atoms with Crippen LogP contribution >= 0.6 is 0 Å². The highest BCUT2D eigenvalue weighted by Gasteiger charge is 2.53. The summed E-state index contributed by atoms with van der Waals surface area (Å²) in [5, 5.41) is 29.5. The van der Waals surface area contributed by atoms with E-state index in [4.69, 9.17) is 56.9 Å². The largest absolute Gasteiger partial charge is 0.573 e. The molecule has 0 spiro atoms. The number of alkyl carbamates (subject to hydrolysis) is 1. The lowest BCUT2D eigenvalue weighted by atomic mass is 9.74. The van der Waals surface area contributed by atoms with Gasteiger partial charge in [-0.15, -0.1) is 13.2 Å². The van der Waals surface area contributed by atoms with Crippen molar-refractivity contribution in [2.24, 2.45) is 46.6 Å². The molecule has 91 heavy (non-hydrogen) atoms. The van der Waals surface area contributed by atoms with Gasteiger partial charge >= 0.3 is 24.4 Å². The summed E-state index contributed by atoms with van der Waals surface area (Å²) in [6.45, 7) is 24.7. The Kier molecular flexibility index (Phi) is 27.9. The van der Waals surface area contributed by atoms with Crippen molar-refractivity contribution in [3.05, 3.63) is 24.3 Å². The van der Waals surface area contributed by atoms with Gasteiger partial charge < -0.3 is 82.1 Å². The third-order valence-corrected chi connectivity index (χ3v) is 18.9. The summed E-state index contributed by atoms with van der Waals surface area (Å²) in [4.78, 5) is 66.8. The molecule has 4 fully saturated rings. The molecule has 522 valence electrons. The number of methoxy groups -OCH3 is 2. The summed E-state index contributed by atoms with van der Waals surface area (Å²) >= 11 is 0. The van der Waals surface area contributed by atoms with Crippen LogP contribution in [0.5, 0.6) is 5.75 Å². The zero-order chi connectivity index (χ0) is 68.4. The van der Waals surface area contributed by atoms with Crippen LogP contribution in [0.15, 0.2) is 34.3 Å². The van der Waals surface area contributed by atoms with Crippen molar-refractivity contribution in [1.29, 1.82) is 0 Å². The van der Waals surface area contributed by atoms with Crippen LogP contribution in [0, 0.1) is 41.4 Å². The number of para-hydroxylation sites is 1. The number of esters is 2. The van der Waals surface area contributed by atoms with E-state index in [2.05, 4.69) is 24.8 Å². The second-order valence-corrected chi connectivity index (χ2v) is 28.2. The normalized spacial score (nSPS) is 36.4. The Hall–Kier alpha value is -4.37. The fraction of sp³-hybridized carbons (Fsp3) is 0.823. The standard InChI is InChI=1S/C62H101F3N4O21S/c1-31(2)24-45(70)85-51-38(9)50(33(4)29-81-58-54(79-18)53(78-17)47(71)41(12)84-58)87-56(74)40(11)52(86-46-25-34(5)69(16)28-36(7)82-46)37(8)49(88-57-48(72)42(68-80-19)26-35(6)83-57)32(3)27-61(15,55(73)39(51)10)90-59(75)67-60(13,14)30-66-91(76,77)44-23-21-20-22-43(44)89-62(63,64)65/h20-23,31-41,46-54,57-58,66,71-72H,24-30H2,1-19H3,(H,67,75)/b68-42+/t32-,33?,34?,35+,36-,37+,38-,39+,40+,41+,46-,47+,48+,49-,50+,51+,52-,53+,54+,57-,58+,61-/m0/s1. The summed E-state index contributed by atoms with van der Waals surface area (Å²) in [7, 11) is 1.34. The van der Waals surface area contributed by atoms with Crippen LogP contribution in [-0.4, -0.2) is 211 Å². The average molecular weight is 1330 g/mol. The molecule has 0 aromatic heterocycles. The summed E-state index contributed by atoms with van der Waals surface area (Å²) in [6.07, 6.45) is -21.1. The molecular formula is C62H101F3N4O21S. The fourth-order valence-electron chi connectivity index (χ4n) is 12.5. The van der Waals surface area contributed by atoms with Crippen LogP contribution in [0.2, 0.25) is 0 Å². The number of likely N-dealkylation sites (N-methyl/N-ethyl adjacent to an activating group) is 1. The average Bonchev–Trinajstić information content (AvgIpc) is 1.05. The molecule has 22 atom stereocenters. The van der Waals surface area contributed by atoms with Gasteiger partial charge in [-0.3, -0.25) is 14.4 Å². The third-order valence-electron chi connectivity index (χ3n) is 17.4. The number of oxime groups is 1. The van der Waals surface area contributed by atoms with Gasteiger partial charge in [-0.05, 0) is 92.8 Å². The van der Waals surface area contributed by atoms with E-state index in [1.807, 2.05) is 20.9 Å². The number of hydrogen-bond donors (Lipinski definition) is 4. The number of alkyl halides is 3. The van der Waals surface area contributed by atoms with Gasteiger partial charge in [0.25, 0.3) is 0 Å². The molecule has 5 rings (SSSR count). The van der Waals surface area contributed by atoms with E-state index in [-0.39, 0.29) is 43.2 Å². The first kappa shape index (κ1) is 77.3. The summed E-state index contributed by atoms with van der Waals surface area (Å²) in [6, 6.07) is 4.03. The number of ketones is 1. The molecular weight excluding hydrogens is 1230 g/mol. The maximum Gasteiger partial charge on any atom is 0.573 e. The van der Waals surface area contributed by atoms with Crippen LogP contribution in [0.3, 0.4) is 0 Å². The smallest absolute Gasteiger partial charge is 0.461 e. The number of hydrogen-bond acceptors (Lipinski definition) is 23. The van der Waals surface area contributed by atoms with Crippen molar-refractivity contribution in [3.63, 3.8) is 0 Å². The zero-order valence-electron chi connectivity index (χ0n) is 56.0. The lowest BCUT2D eigenvalue weighted by molar-refractivity contribution is -0.305. The van der Waals surface area contributed by atoms with Gasteiger partial charge in [0, 0.05) is 70.4 Å². The van der Waals surface area contributed by atoms with Crippen molar-refractivity contribution >= 4 is 39.6 Å². The summed E-state index contributed by atoms with van der Waals surface area (Å²) in [5.74, 6) is -9.84. The molecule has 4 heterocycles. The minimum Gasteiger partial charge on any atom is -0.461 e. The van der Waals surface area contributed by atoms with Crippen LogP contribution in [-0.2, 0) is 81.3 Å². The van der Waals surface area contributed by atoms with Gasteiger partial charge in [0.2, 0.25) is 10.0 Å². The van der Waals surface area contributed by atoms with Gasteiger partial charge in [-0.25, -0.2) is 17.9 Å². The molecule has 1 aromatic carbocycles. The number of aliphatic hydroxyl groups excluding tert-OH is 2. The number of carbonyl (C=O) groups excluding carboxylic acids is 4. The highest BCUT2D eigenvalue weighted by Crippen LogP contribution is 2.41. The van der Waals surface area contributed by atoms with E-state index in [0.717, 1.165) is 18.2 Å². The number of halogens is 3. The van der Waals surface area contributed by atoms with Gasteiger partial charge in [-0.2, -0.15) is 0 Å². The van der Waals surface area contributed by atoms with Gasteiger partial charge in [0.1, 0.15) is 54.4 Å². The van der Waals surface area contributed by atoms with E-state index in [1.165, 1.54) is 55.1 Å². The van der Waals surface area contributed by atoms with Crippen molar-refractivity contribution < 1.29 is 113 Å². The highest BCUT2D eigenvalue weighted by molar-refractivity contribution is 7.89. The number of nitrogens with one attached hydrogen (secondary N) is 2. The minimum atomic E-state index is -5.23. The SMILES string of the molecule is CO/N=C1\C[C@@H](C)O[C@@H](O[C@@H]2[C@@H](C)[C@H](O[C@H]3CC(C)N(C)C[C@H](C)O3)[C@@H](C)C(=O)O[C@H](C(C)CO[C@@H]3O[C@H](C)[C@@H](O)[C@@H](OC)[C@H]3OC)[C@H](C)[C@@H](OC(=O)CC(C)C)[C@@H](C)C(=O)[C@@](C)(OC(=O)NC(C)(C)CNS(=O)(=O)c3ccccc3OC(F)(F)F)C[C@@H]2C)[C@@H]1O. The first-order chi connectivity index (χ1) is 42.3. The molecule has 1 amide bonds. The molecule has 25 nitrogen and oxygen atoms in total. The first-order valence-corrected chi connectivity index (χ1v) is 32.7. The molecule has 4 N–H and O–H groups in total. The van der Waals surface area contributed by atoms with Gasteiger partial charge in [0.15, 0.2) is 30.3 Å². The third kappa shape index (κ3) is 20.8. The molecule has 4 saturated heterocycles. The number of carbonyl (C=O) groups is 4. The predicted octanol–water partition coefficient (Wildman–Crippen LogP) is 6.66. The van der Waals surface area contributed by atoms with E-state index < -0.39 is 190 Å². The molecule has 0 saturated carbocycles. The van der Waals surface area contributed by atoms with E-state index in [9.17, 15) is 41.4 Å². The van der Waals surface area contributed by atoms with Crippen molar-refractivity contribution in [2.75, 3.05) is 48.1 Å². The first-order valence-electron chi connectivity index (χ1n) is 31.2. The van der Waals surface area contributed by atoms with Crippen molar-refractivity contribution in [1.82, 2.24) is 14.9 Å². The Morgan fingerprint density at radius 3 is 2.11 bits per heavy atom. The molecule has 0 aliphatic carbocycles. The maximum absolute atomic E-state index is 16.1. The number of Topliss-reactive ketones (excluding diaryl/α,β-unsaturated/α-hetero) is 1. The number of sulfonamides is 1. The minimum absolute atomic E-state index is 0.0720. The van der Waals surface area contributed by atoms with Crippen LogP contribution < -0.4 is 14.8 Å². The lowest BCUT2D eigenvalue weighted by Gasteiger charge is -2.45. The molecule has 4 aliphatic rings. The monoisotopic (exact) mass is 1330 g/mol. The topological polar surface area (TPSA) is 303 Å². The number of nitrogens with zero attached hydrogens (tertiary/aromatic N) is 2. The number of rotatable bonds is 21. The van der Waals surface area contributed by atoms with E-state index in [1.54, 1.807) is 62.3 Å². The maximum atomic E-state index is 16.1. The Morgan fingerprint density at radius 2 is 1.49 bits per heavy atom. The number of cyclic esters (lactones) is 1. The molecule has 4 aliphatic heterocycles. The molecule has 0 bridgehead atoms. The molecule has 2 unspecified atom stereocenters. The Bertz CT molecular complexity index is 2700. The second-order valence-electron chi connectivity index (χ2n) is 26.5. The zero-order valence-corrected chi connectivity index (χ0v) is 56.9. The molecule has 0 radical (unpaired) electrons. The van der Waals surface area contributed by atoms with Crippen LogP contribution in [0.25, 0.3) is 0 Å². The summed E-state index contributed by atoms with van der Waals surface area (Å²) in [5.41, 5.74) is -3.66. The Balaban J connectivity index is 1.70. The fourth-order valence-corrected chi connectivity index (χ4v) is 13.9. The number of aliphatic hydroxyl groups is 2. The van der Waals surface area contributed by atoms with E-state index >= 15 is 9.59 Å². The number of ether oxygens (including phenoxy) is 12. The van der Waals surface area contributed by atoms with Gasteiger partial charge in [0.05, 0.1) is 60.2 Å². The van der Waals surface area contributed by atoms with Crippen molar-refractivity contribution in [2.45, 2.75) is 244 Å². The summed E-state index contributed by atoms with van der Waals surface area (Å²) < 4.78 is 144. The highest BCUT2D eigenvalue weighted by atomic mass is 32.2. The number of amides is 1. The van der Waals surface area contributed by atoms with Crippen LogP contribution in [0.4, 0.5) is 18.0 Å². The number of benzene rings is 1. The lowest BCUT2D eigenvalue weighted by Crippen LogP contribution is -2.59. The van der Waals surface area contributed by atoms with Gasteiger partial charge in [-0.1, -0.05) is 65.8 Å². The Labute approximate surface area is 534 Å². The predicted molar refractivity (Wildman–Crippen MR) is 322 cm³/mol. The second kappa shape index (κ2) is 32.9.